The van der Waals surface area contributed by atoms with E-state index in [-0.39, 0.29) is 11.3 Å². The number of halogens is 7. The van der Waals surface area contributed by atoms with E-state index in [4.69, 9.17) is 4.74 Å². The van der Waals surface area contributed by atoms with Crippen LogP contribution in [0.3, 0.4) is 0 Å². The molecule has 0 saturated carbocycles. The topological polar surface area (TPSA) is 35.5 Å². The summed E-state index contributed by atoms with van der Waals surface area (Å²) in [6.45, 7) is -0.917. The zero-order chi connectivity index (χ0) is 17.2. The first-order chi connectivity index (χ1) is 9.93. The third-order valence-corrected chi connectivity index (χ3v) is 2.51. The van der Waals surface area contributed by atoms with Crippen LogP contribution in [0.15, 0.2) is 24.3 Å². The highest BCUT2D eigenvalue weighted by atomic mass is 19.4. The van der Waals surface area contributed by atoms with Crippen molar-refractivity contribution in [3.8, 4) is 5.75 Å². The Morgan fingerprint density at radius 2 is 1.68 bits per heavy atom. The second-order valence-electron chi connectivity index (χ2n) is 4.07. The molecule has 0 amide bonds. The van der Waals surface area contributed by atoms with Crippen LogP contribution in [0.5, 0.6) is 5.75 Å². The number of alkyl halides is 7. The van der Waals surface area contributed by atoms with Gasteiger partial charge in [-0.2, -0.15) is 30.7 Å². The number of hydrogen-bond donors (Lipinski definition) is 0. The fraction of sp³-hybridized carbons (Fsp3) is 0.417. The summed E-state index contributed by atoms with van der Waals surface area (Å²) >= 11 is 0. The number of benzene rings is 1. The van der Waals surface area contributed by atoms with Crippen molar-refractivity contribution in [1.29, 1.82) is 0 Å². The molecule has 22 heavy (non-hydrogen) atoms. The maximum atomic E-state index is 13.0. The predicted molar refractivity (Wildman–Crippen MR) is 58.7 cm³/mol. The van der Waals surface area contributed by atoms with E-state index in [1.165, 1.54) is 31.4 Å². The molecule has 0 N–H and O–H groups in total. The van der Waals surface area contributed by atoms with Crippen LogP contribution in [0.4, 0.5) is 30.7 Å². The van der Waals surface area contributed by atoms with Gasteiger partial charge >= 0.3 is 24.0 Å². The molecule has 0 radical (unpaired) electrons. The van der Waals surface area contributed by atoms with E-state index in [0.717, 1.165) is 0 Å². The molecule has 0 aliphatic carbocycles. The van der Waals surface area contributed by atoms with Crippen molar-refractivity contribution in [2.45, 2.75) is 24.6 Å². The van der Waals surface area contributed by atoms with Gasteiger partial charge in [-0.15, -0.1) is 0 Å². The molecule has 0 heterocycles. The van der Waals surface area contributed by atoms with E-state index in [0.29, 0.717) is 0 Å². The molecule has 0 unspecified atom stereocenters. The zero-order valence-electron chi connectivity index (χ0n) is 10.9. The van der Waals surface area contributed by atoms with Crippen molar-refractivity contribution in [3.63, 3.8) is 0 Å². The summed E-state index contributed by atoms with van der Waals surface area (Å²) in [5, 5.41) is 0. The van der Waals surface area contributed by atoms with Crippen LogP contribution in [0.25, 0.3) is 0 Å². The average Bonchev–Trinajstić information content (AvgIpc) is 2.43. The number of carbonyl (C=O) groups is 1. The number of hydrogen-bond acceptors (Lipinski definition) is 3. The van der Waals surface area contributed by atoms with Crippen molar-refractivity contribution < 1.29 is 45.0 Å². The van der Waals surface area contributed by atoms with E-state index in [1.807, 2.05) is 0 Å². The molecule has 0 fully saturated rings. The lowest BCUT2D eigenvalue weighted by Crippen LogP contribution is -2.56. The highest BCUT2D eigenvalue weighted by Gasteiger charge is 2.77. The fourth-order valence-corrected chi connectivity index (χ4v) is 1.31. The summed E-state index contributed by atoms with van der Waals surface area (Å²) in [4.78, 5) is 10.9. The molecule has 0 aromatic heterocycles. The molecule has 1 aromatic carbocycles. The van der Waals surface area contributed by atoms with Gasteiger partial charge in [0, 0.05) is 0 Å². The van der Waals surface area contributed by atoms with Crippen molar-refractivity contribution >= 4 is 5.97 Å². The number of esters is 1. The third kappa shape index (κ3) is 3.42. The van der Waals surface area contributed by atoms with Gasteiger partial charge in [-0.25, -0.2) is 4.79 Å². The minimum atomic E-state index is -6.59. The lowest BCUT2D eigenvalue weighted by Gasteiger charge is -2.26. The Bertz CT molecular complexity index is 540. The molecule has 0 spiro atoms. The largest absolute Gasteiger partial charge is 0.497 e. The molecular weight excluding hydrogens is 325 g/mol. The predicted octanol–water partition coefficient (Wildman–Crippen LogP) is 3.57. The summed E-state index contributed by atoms with van der Waals surface area (Å²) in [5.74, 6) is -15.3. The minimum Gasteiger partial charge on any atom is -0.497 e. The molecule has 10 heteroatoms. The van der Waals surface area contributed by atoms with Crippen molar-refractivity contribution in [1.82, 2.24) is 0 Å². The first kappa shape index (κ1) is 18.1. The minimum absolute atomic E-state index is 0.0684. The van der Waals surface area contributed by atoms with Crippen molar-refractivity contribution in [2.24, 2.45) is 0 Å². The molecule has 0 aliphatic heterocycles. The summed E-state index contributed by atoms with van der Waals surface area (Å²) in [5.41, 5.74) is 0.0684. The first-order valence-corrected chi connectivity index (χ1v) is 5.56. The molecule has 0 bridgehead atoms. The quantitative estimate of drug-likeness (QED) is 0.610. The molecule has 0 atom stereocenters. The Labute approximate surface area is 119 Å². The van der Waals surface area contributed by atoms with Crippen LogP contribution in [0.1, 0.15) is 5.56 Å². The van der Waals surface area contributed by atoms with Gasteiger partial charge in [0.1, 0.15) is 12.4 Å². The SMILES string of the molecule is COc1cccc(COC(=O)C(F)(F)C(F)(F)C(F)(F)F)c1. The molecule has 1 aromatic rings. The fourth-order valence-electron chi connectivity index (χ4n) is 1.31. The Kier molecular flexibility index (Phi) is 4.93. The Morgan fingerprint density at radius 3 is 2.18 bits per heavy atom. The molecule has 124 valence electrons. The normalized spacial score (nSPS) is 12.9. The number of ether oxygens (including phenoxy) is 2. The van der Waals surface area contributed by atoms with Gasteiger partial charge in [0.15, 0.2) is 0 Å². The highest BCUT2D eigenvalue weighted by Crippen LogP contribution is 2.47. The van der Waals surface area contributed by atoms with Gasteiger partial charge in [-0.3, -0.25) is 0 Å². The molecule has 3 nitrogen and oxygen atoms in total. The smallest absolute Gasteiger partial charge is 0.460 e. The average molecular weight is 334 g/mol. The van der Waals surface area contributed by atoms with Crippen molar-refractivity contribution in [3.05, 3.63) is 29.8 Å². The standard InChI is InChI=1S/C12H9F7O3/c1-21-8-4-2-3-7(5-8)6-22-9(20)10(13,14)11(15,16)12(17,18)19/h2-5H,6H2,1H3. The summed E-state index contributed by atoms with van der Waals surface area (Å²) in [6.07, 6.45) is -6.59. The summed E-state index contributed by atoms with van der Waals surface area (Å²) in [6, 6.07) is 5.34. The zero-order valence-corrected chi connectivity index (χ0v) is 10.9. The van der Waals surface area contributed by atoms with E-state index in [2.05, 4.69) is 4.74 Å². The lowest BCUT2D eigenvalue weighted by molar-refractivity contribution is -0.348. The van der Waals surface area contributed by atoms with Gasteiger partial charge in [-0.1, -0.05) is 12.1 Å². The van der Waals surface area contributed by atoms with Crippen LogP contribution in [0.2, 0.25) is 0 Å². The number of carbonyl (C=O) groups excluding carboxylic acids is 1. The van der Waals surface area contributed by atoms with E-state index < -0.39 is 30.6 Å². The lowest BCUT2D eigenvalue weighted by atomic mass is 10.1. The molecular formula is C12H9F7O3. The Morgan fingerprint density at radius 1 is 1.09 bits per heavy atom. The van der Waals surface area contributed by atoms with Gasteiger partial charge in [0.25, 0.3) is 0 Å². The van der Waals surface area contributed by atoms with E-state index in [1.54, 1.807) is 0 Å². The number of methoxy groups -OCH3 is 1. The summed E-state index contributed by atoms with van der Waals surface area (Å²) in [7, 11) is 1.28. The maximum absolute atomic E-state index is 13.0. The van der Waals surface area contributed by atoms with Crippen LogP contribution in [-0.4, -0.2) is 31.1 Å². The van der Waals surface area contributed by atoms with E-state index in [9.17, 15) is 35.5 Å². The first-order valence-electron chi connectivity index (χ1n) is 5.56. The Hall–Kier alpha value is -2.00. The van der Waals surface area contributed by atoms with Crippen LogP contribution in [-0.2, 0) is 16.1 Å². The van der Waals surface area contributed by atoms with Crippen LogP contribution in [0, 0.1) is 0 Å². The third-order valence-electron chi connectivity index (χ3n) is 2.51. The van der Waals surface area contributed by atoms with Gasteiger partial charge in [-0.05, 0) is 17.7 Å². The van der Waals surface area contributed by atoms with Gasteiger partial charge < -0.3 is 9.47 Å². The summed E-state index contributed by atoms with van der Waals surface area (Å²) < 4.78 is 95.5. The van der Waals surface area contributed by atoms with Crippen LogP contribution >= 0.6 is 0 Å². The number of rotatable bonds is 5. The van der Waals surface area contributed by atoms with Crippen molar-refractivity contribution in [2.75, 3.05) is 7.11 Å². The van der Waals surface area contributed by atoms with Gasteiger partial charge in [0.05, 0.1) is 7.11 Å². The van der Waals surface area contributed by atoms with Gasteiger partial charge in [0.2, 0.25) is 0 Å². The Balaban J connectivity index is 2.83. The second-order valence-corrected chi connectivity index (χ2v) is 4.07. The van der Waals surface area contributed by atoms with E-state index >= 15 is 0 Å². The highest BCUT2D eigenvalue weighted by molar-refractivity contribution is 5.79. The van der Waals surface area contributed by atoms with Crippen LogP contribution < -0.4 is 4.74 Å². The second kappa shape index (κ2) is 6.01. The maximum Gasteiger partial charge on any atom is 0.460 e. The molecule has 0 saturated heterocycles. The molecule has 0 aliphatic rings. The monoisotopic (exact) mass is 334 g/mol. The molecule has 1 rings (SSSR count).